The van der Waals surface area contributed by atoms with Crippen molar-refractivity contribution in [2.45, 2.75) is 0 Å². The topological polar surface area (TPSA) is 46.8 Å². The number of carbonyl (C=O) groups excluding carboxylic acids is 1. The molecule has 0 radical (unpaired) electrons. The Bertz CT molecular complexity index is 2010. The largest absolute Gasteiger partial charge is 0.457 e. The van der Waals surface area contributed by atoms with Crippen LogP contribution in [0.4, 0.5) is 0 Å². The predicted molar refractivity (Wildman–Crippen MR) is 183 cm³/mol. The maximum Gasteiger partial charge on any atom is 0.361 e. The summed E-state index contributed by atoms with van der Waals surface area (Å²) in [6, 6.07) is 44.2. The molecule has 2 aliphatic rings. The minimum absolute atomic E-state index is 0.418. The van der Waals surface area contributed by atoms with Crippen LogP contribution < -0.4 is 0 Å². The number of allylic oxidation sites excluding steroid dienone is 6. The van der Waals surface area contributed by atoms with E-state index in [0.717, 1.165) is 44.9 Å². The molecular weight excluding hydrogens is 568 g/mol. The van der Waals surface area contributed by atoms with Crippen LogP contribution in [0.3, 0.4) is 0 Å². The van der Waals surface area contributed by atoms with Gasteiger partial charge in [-0.1, -0.05) is 109 Å². The molecule has 1 aromatic heterocycles. The van der Waals surface area contributed by atoms with Crippen molar-refractivity contribution in [3.05, 3.63) is 204 Å². The first-order valence-electron chi connectivity index (χ1n) is 15.0. The fourth-order valence-corrected chi connectivity index (χ4v) is 5.23. The molecule has 0 saturated carbocycles. The summed E-state index contributed by atoms with van der Waals surface area (Å²) in [7, 11) is 0. The molecule has 0 unspecified atom stereocenters. The molecule has 0 atom stereocenters. The van der Waals surface area contributed by atoms with E-state index in [4.69, 9.17) is 13.9 Å². The van der Waals surface area contributed by atoms with Gasteiger partial charge in [0.05, 0.1) is 23.3 Å². The molecule has 2 aliphatic heterocycles. The van der Waals surface area contributed by atoms with E-state index in [0.29, 0.717) is 22.9 Å². The molecule has 4 nitrogen and oxygen atoms in total. The van der Waals surface area contributed by atoms with Gasteiger partial charge < -0.3 is 9.47 Å². The Hall–Kier alpha value is -6.26. The van der Waals surface area contributed by atoms with Crippen molar-refractivity contribution in [1.29, 1.82) is 0 Å². The SMILES string of the molecule is O=C1OC(/C=C/c2cc(-c3ccccc3)cc(-c3ccccc3)[o+]2)=CC/1=C\C=C1/C=C(c2ccccc2)C=C(c2ccccc2)O1. The monoisotopic (exact) mass is 597 g/mol. The maximum atomic E-state index is 12.8. The second kappa shape index (κ2) is 13.2. The van der Waals surface area contributed by atoms with E-state index in [-0.39, 0.29) is 0 Å². The molecule has 7 rings (SSSR count). The number of ether oxygens (including phenoxy) is 2. The number of cyclic esters (lactones) is 1. The molecule has 0 spiro atoms. The van der Waals surface area contributed by atoms with Crippen LogP contribution in [0.1, 0.15) is 16.9 Å². The van der Waals surface area contributed by atoms with Gasteiger partial charge in [0.1, 0.15) is 17.3 Å². The minimum Gasteiger partial charge on any atom is -0.457 e. The molecule has 3 heterocycles. The average molecular weight is 598 g/mol. The molecule has 0 N–H and O–H groups in total. The fraction of sp³-hybridized carbons (Fsp3) is 0. The Kier molecular flexibility index (Phi) is 8.16. The van der Waals surface area contributed by atoms with Gasteiger partial charge in [-0.05, 0) is 65.3 Å². The van der Waals surface area contributed by atoms with Gasteiger partial charge >= 0.3 is 17.5 Å². The van der Waals surface area contributed by atoms with E-state index in [1.807, 2.05) is 127 Å². The summed E-state index contributed by atoms with van der Waals surface area (Å²) < 4.78 is 18.1. The van der Waals surface area contributed by atoms with Gasteiger partial charge in [0, 0.05) is 17.2 Å². The maximum absolute atomic E-state index is 12.8. The van der Waals surface area contributed by atoms with Gasteiger partial charge in [-0.3, -0.25) is 0 Å². The van der Waals surface area contributed by atoms with Crippen molar-refractivity contribution < 1.29 is 18.7 Å². The third-order valence-electron chi connectivity index (χ3n) is 7.54. The second-order valence-electron chi connectivity index (χ2n) is 10.7. The molecule has 0 fully saturated rings. The lowest BCUT2D eigenvalue weighted by atomic mass is 10.0. The summed E-state index contributed by atoms with van der Waals surface area (Å²) in [4.78, 5) is 12.8. The van der Waals surface area contributed by atoms with Gasteiger partial charge in [-0.2, -0.15) is 0 Å². The van der Waals surface area contributed by atoms with E-state index in [2.05, 4.69) is 24.3 Å². The lowest BCUT2D eigenvalue weighted by Crippen LogP contribution is -2.00. The first-order valence-corrected chi connectivity index (χ1v) is 15.0. The van der Waals surface area contributed by atoms with Crippen LogP contribution >= 0.6 is 0 Å². The molecule has 5 aromatic rings. The predicted octanol–water partition coefficient (Wildman–Crippen LogP) is 10.3. The number of hydrogen-bond acceptors (Lipinski definition) is 3. The molecule has 220 valence electrons. The average Bonchev–Trinajstić information content (AvgIpc) is 3.50. The van der Waals surface area contributed by atoms with Crippen LogP contribution in [-0.2, 0) is 14.3 Å². The first kappa shape index (κ1) is 28.5. The first-order chi connectivity index (χ1) is 22.7. The van der Waals surface area contributed by atoms with Crippen molar-refractivity contribution in [2.24, 2.45) is 0 Å². The van der Waals surface area contributed by atoms with Crippen molar-refractivity contribution in [2.75, 3.05) is 0 Å². The smallest absolute Gasteiger partial charge is 0.361 e. The van der Waals surface area contributed by atoms with Crippen LogP contribution in [0.15, 0.2) is 191 Å². The van der Waals surface area contributed by atoms with Gasteiger partial charge in [0.25, 0.3) is 0 Å². The molecule has 4 heteroatoms. The second-order valence-corrected chi connectivity index (χ2v) is 10.7. The Balaban J connectivity index is 1.17. The van der Waals surface area contributed by atoms with Crippen LogP contribution in [0, 0.1) is 0 Å². The Morgan fingerprint density at radius 3 is 1.80 bits per heavy atom. The summed E-state index contributed by atoms with van der Waals surface area (Å²) in [5.41, 5.74) is 6.54. The summed E-state index contributed by atoms with van der Waals surface area (Å²) in [5.74, 6) is 2.71. The van der Waals surface area contributed by atoms with Crippen LogP contribution in [0.5, 0.6) is 0 Å². The van der Waals surface area contributed by atoms with E-state index >= 15 is 0 Å². The van der Waals surface area contributed by atoms with Crippen molar-refractivity contribution in [3.63, 3.8) is 0 Å². The summed E-state index contributed by atoms with van der Waals surface area (Å²) >= 11 is 0. The third kappa shape index (κ3) is 6.62. The van der Waals surface area contributed by atoms with Gasteiger partial charge in [0.15, 0.2) is 0 Å². The Morgan fingerprint density at radius 2 is 1.13 bits per heavy atom. The highest BCUT2D eigenvalue weighted by atomic mass is 16.5. The molecule has 4 aromatic carbocycles. The van der Waals surface area contributed by atoms with Crippen LogP contribution in [-0.4, -0.2) is 5.97 Å². The summed E-state index contributed by atoms with van der Waals surface area (Å²) in [6.45, 7) is 0. The normalized spacial score (nSPS) is 16.2. The number of benzene rings is 4. The molecule has 0 aliphatic carbocycles. The highest BCUT2D eigenvalue weighted by Gasteiger charge is 2.21. The standard InChI is InChI=1S/C42H29O4/c43-42-34(21-22-37-26-35(30-13-5-1-6-14-30)28-40(44-37)32-17-9-3-10-18-32)25-39(46-42)24-23-38-27-36(31-15-7-2-8-16-31)29-41(45-38)33-19-11-4-12-20-33/h1-29H/q+1. The zero-order chi connectivity index (χ0) is 31.1. The fourth-order valence-electron chi connectivity index (χ4n) is 5.23. The van der Waals surface area contributed by atoms with Crippen molar-refractivity contribution >= 4 is 23.4 Å². The highest BCUT2D eigenvalue weighted by molar-refractivity contribution is 5.96. The minimum atomic E-state index is -0.432. The molecule has 0 amide bonds. The quantitative estimate of drug-likeness (QED) is 0.106. The van der Waals surface area contributed by atoms with E-state index in [1.165, 1.54) is 0 Å². The van der Waals surface area contributed by atoms with Crippen LogP contribution in [0.25, 0.3) is 39.9 Å². The van der Waals surface area contributed by atoms with Gasteiger partial charge in [-0.25, -0.2) is 9.21 Å². The molecule has 0 bridgehead atoms. The number of esters is 1. The summed E-state index contributed by atoms with van der Waals surface area (Å²) in [5, 5.41) is 0. The molecule has 46 heavy (non-hydrogen) atoms. The number of rotatable bonds is 7. The third-order valence-corrected chi connectivity index (χ3v) is 7.54. The molecule has 0 saturated heterocycles. The number of hydrogen-bond donors (Lipinski definition) is 0. The van der Waals surface area contributed by atoms with E-state index in [9.17, 15) is 4.79 Å². The molecular formula is C42H29O4+. The zero-order valence-electron chi connectivity index (χ0n) is 24.9. The van der Waals surface area contributed by atoms with Crippen molar-refractivity contribution in [3.8, 4) is 22.5 Å². The Labute approximate surface area is 267 Å². The van der Waals surface area contributed by atoms with E-state index < -0.39 is 5.97 Å². The van der Waals surface area contributed by atoms with Crippen molar-refractivity contribution in [1.82, 2.24) is 0 Å². The van der Waals surface area contributed by atoms with Gasteiger partial charge in [0.2, 0.25) is 0 Å². The zero-order valence-corrected chi connectivity index (χ0v) is 24.9. The van der Waals surface area contributed by atoms with Crippen LogP contribution in [0.2, 0.25) is 0 Å². The van der Waals surface area contributed by atoms with E-state index in [1.54, 1.807) is 24.3 Å². The van der Waals surface area contributed by atoms with Gasteiger partial charge in [-0.15, -0.1) is 0 Å². The number of carbonyl (C=O) groups is 1. The Morgan fingerprint density at radius 1 is 0.522 bits per heavy atom. The highest BCUT2D eigenvalue weighted by Crippen LogP contribution is 2.33. The lowest BCUT2D eigenvalue weighted by Gasteiger charge is -2.18. The lowest BCUT2D eigenvalue weighted by molar-refractivity contribution is -0.132. The summed E-state index contributed by atoms with van der Waals surface area (Å²) in [6.07, 6.45) is 12.8.